The summed E-state index contributed by atoms with van der Waals surface area (Å²) >= 11 is 5.95. The van der Waals surface area contributed by atoms with Gasteiger partial charge in [-0.25, -0.2) is 0 Å². The molecule has 116 valence electrons. The standard InChI is InChI=1S/C15H22ClN3O2/c1-5-9(2)13(17)14(20)18-12-8-10(16)6-7-11(12)15(21)19(3)4/h6-9,13H,5,17H2,1-4H3,(H,18,20). The maximum atomic E-state index is 12.2. The van der Waals surface area contributed by atoms with Gasteiger partial charge in [0.25, 0.3) is 5.91 Å². The molecule has 0 radical (unpaired) electrons. The maximum absolute atomic E-state index is 12.2. The number of carbonyl (C=O) groups is 2. The molecule has 0 aliphatic carbocycles. The van der Waals surface area contributed by atoms with Gasteiger partial charge in [-0.1, -0.05) is 31.9 Å². The lowest BCUT2D eigenvalue weighted by Gasteiger charge is -2.20. The summed E-state index contributed by atoms with van der Waals surface area (Å²) in [5.74, 6) is -0.476. The summed E-state index contributed by atoms with van der Waals surface area (Å²) in [6.45, 7) is 3.88. The van der Waals surface area contributed by atoms with Crippen LogP contribution in [-0.2, 0) is 4.79 Å². The van der Waals surface area contributed by atoms with Crippen molar-refractivity contribution in [1.82, 2.24) is 4.90 Å². The van der Waals surface area contributed by atoms with Crippen LogP contribution in [0.5, 0.6) is 0 Å². The van der Waals surface area contributed by atoms with E-state index in [1.54, 1.807) is 32.3 Å². The van der Waals surface area contributed by atoms with Gasteiger partial charge in [-0.2, -0.15) is 0 Å². The molecule has 1 rings (SSSR count). The number of rotatable bonds is 5. The molecule has 0 spiro atoms. The Morgan fingerprint density at radius 1 is 1.38 bits per heavy atom. The average molecular weight is 312 g/mol. The van der Waals surface area contributed by atoms with Crippen molar-refractivity contribution < 1.29 is 9.59 Å². The molecule has 0 bridgehead atoms. The third-order valence-electron chi connectivity index (χ3n) is 3.44. The van der Waals surface area contributed by atoms with Crippen LogP contribution < -0.4 is 11.1 Å². The van der Waals surface area contributed by atoms with E-state index in [0.29, 0.717) is 16.3 Å². The summed E-state index contributed by atoms with van der Waals surface area (Å²) in [5, 5.41) is 3.15. The van der Waals surface area contributed by atoms with Gasteiger partial charge in [-0.15, -0.1) is 0 Å². The zero-order valence-corrected chi connectivity index (χ0v) is 13.6. The van der Waals surface area contributed by atoms with Gasteiger partial charge >= 0.3 is 0 Å². The minimum Gasteiger partial charge on any atom is -0.345 e. The van der Waals surface area contributed by atoms with Crippen molar-refractivity contribution in [3.63, 3.8) is 0 Å². The van der Waals surface area contributed by atoms with Gasteiger partial charge in [0.05, 0.1) is 17.3 Å². The summed E-state index contributed by atoms with van der Waals surface area (Å²) in [6, 6.07) is 4.13. The highest BCUT2D eigenvalue weighted by molar-refractivity contribution is 6.31. The second kappa shape index (κ2) is 7.43. The van der Waals surface area contributed by atoms with E-state index in [0.717, 1.165) is 6.42 Å². The van der Waals surface area contributed by atoms with E-state index in [1.165, 1.54) is 4.90 Å². The molecule has 21 heavy (non-hydrogen) atoms. The first-order valence-electron chi connectivity index (χ1n) is 6.85. The third-order valence-corrected chi connectivity index (χ3v) is 3.67. The highest BCUT2D eigenvalue weighted by Gasteiger charge is 2.22. The summed E-state index contributed by atoms with van der Waals surface area (Å²) in [6.07, 6.45) is 0.799. The number of carbonyl (C=O) groups excluding carboxylic acids is 2. The number of amides is 2. The molecule has 2 amide bonds. The molecule has 2 atom stereocenters. The fraction of sp³-hybridized carbons (Fsp3) is 0.467. The topological polar surface area (TPSA) is 75.4 Å². The van der Waals surface area contributed by atoms with Gasteiger partial charge in [0, 0.05) is 19.1 Å². The zero-order valence-electron chi connectivity index (χ0n) is 12.8. The SMILES string of the molecule is CCC(C)C(N)C(=O)Nc1cc(Cl)ccc1C(=O)N(C)C. The summed E-state index contributed by atoms with van der Waals surface area (Å²) < 4.78 is 0. The van der Waals surface area contributed by atoms with Crippen LogP contribution >= 0.6 is 11.6 Å². The molecule has 0 heterocycles. The molecule has 0 aliphatic heterocycles. The van der Waals surface area contributed by atoms with E-state index in [4.69, 9.17) is 17.3 Å². The molecule has 0 fully saturated rings. The Bertz CT molecular complexity index is 532. The highest BCUT2D eigenvalue weighted by atomic mass is 35.5. The molecule has 0 aliphatic rings. The first-order valence-corrected chi connectivity index (χ1v) is 7.23. The number of benzene rings is 1. The van der Waals surface area contributed by atoms with Crippen LogP contribution in [0.25, 0.3) is 0 Å². The second-order valence-electron chi connectivity index (χ2n) is 5.29. The first-order chi connectivity index (χ1) is 9.77. The maximum Gasteiger partial charge on any atom is 0.255 e. The van der Waals surface area contributed by atoms with Crippen LogP contribution in [0.15, 0.2) is 18.2 Å². The van der Waals surface area contributed by atoms with Crippen LogP contribution in [0.4, 0.5) is 5.69 Å². The quantitative estimate of drug-likeness (QED) is 0.876. The number of halogens is 1. The van der Waals surface area contributed by atoms with Crippen molar-refractivity contribution in [3.8, 4) is 0 Å². The van der Waals surface area contributed by atoms with Crippen molar-refractivity contribution in [2.75, 3.05) is 19.4 Å². The van der Waals surface area contributed by atoms with Gasteiger partial charge < -0.3 is 16.0 Å². The van der Waals surface area contributed by atoms with E-state index in [2.05, 4.69) is 5.32 Å². The van der Waals surface area contributed by atoms with Crippen molar-refractivity contribution in [3.05, 3.63) is 28.8 Å². The fourth-order valence-electron chi connectivity index (χ4n) is 1.78. The third kappa shape index (κ3) is 4.44. The first kappa shape index (κ1) is 17.5. The Morgan fingerprint density at radius 2 is 2.00 bits per heavy atom. The van der Waals surface area contributed by atoms with Gasteiger partial charge in [0.15, 0.2) is 0 Å². The Hall–Kier alpha value is -1.59. The van der Waals surface area contributed by atoms with E-state index in [1.807, 2.05) is 13.8 Å². The number of nitrogens with two attached hydrogens (primary N) is 1. The van der Waals surface area contributed by atoms with E-state index in [-0.39, 0.29) is 17.7 Å². The molecular formula is C15H22ClN3O2. The number of hydrogen-bond acceptors (Lipinski definition) is 3. The Kier molecular flexibility index (Phi) is 6.18. The Balaban J connectivity index is 3.04. The van der Waals surface area contributed by atoms with E-state index >= 15 is 0 Å². The van der Waals surface area contributed by atoms with Crippen LogP contribution in [0, 0.1) is 5.92 Å². The van der Waals surface area contributed by atoms with Crippen LogP contribution in [0.2, 0.25) is 5.02 Å². The van der Waals surface area contributed by atoms with Crippen molar-refractivity contribution >= 4 is 29.1 Å². The lowest BCUT2D eigenvalue weighted by Crippen LogP contribution is -2.41. The van der Waals surface area contributed by atoms with Gasteiger partial charge in [-0.3, -0.25) is 9.59 Å². The van der Waals surface area contributed by atoms with Crippen LogP contribution in [0.1, 0.15) is 30.6 Å². The molecule has 0 saturated carbocycles. The molecular weight excluding hydrogens is 290 g/mol. The second-order valence-corrected chi connectivity index (χ2v) is 5.73. The molecule has 6 heteroatoms. The molecule has 5 nitrogen and oxygen atoms in total. The highest BCUT2D eigenvalue weighted by Crippen LogP contribution is 2.23. The molecule has 3 N–H and O–H groups in total. The van der Waals surface area contributed by atoms with E-state index in [9.17, 15) is 9.59 Å². The lowest BCUT2D eigenvalue weighted by molar-refractivity contribution is -0.118. The van der Waals surface area contributed by atoms with E-state index < -0.39 is 6.04 Å². The predicted molar refractivity (Wildman–Crippen MR) is 85.5 cm³/mol. The predicted octanol–water partition coefficient (Wildman–Crippen LogP) is 2.35. The number of nitrogens with one attached hydrogen (secondary N) is 1. The van der Waals surface area contributed by atoms with Crippen molar-refractivity contribution in [2.24, 2.45) is 11.7 Å². The Morgan fingerprint density at radius 3 is 2.52 bits per heavy atom. The Labute approximate surface area is 130 Å². The lowest BCUT2D eigenvalue weighted by atomic mass is 9.99. The minimum absolute atomic E-state index is 0.0529. The fourth-order valence-corrected chi connectivity index (χ4v) is 1.95. The van der Waals surface area contributed by atoms with Crippen LogP contribution in [-0.4, -0.2) is 36.9 Å². The van der Waals surface area contributed by atoms with Crippen molar-refractivity contribution in [2.45, 2.75) is 26.3 Å². The largest absolute Gasteiger partial charge is 0.345 e. The number of anilines is 1. The smallest absolute Gasteiger partial charge is 0.255 e. The minimum atomic E-state index is -0.628. The van der Waals surface area contributed by atoms with Crippen molar-refractivity contribution in [1.29, 1.82) is 0 Å². The van der Waals surface area contributed by atoms with Gasteiger partial charge in [0.1, 0.15) is 0 Å². The molecule has 0 saturated heterocycles. The summed E-state index contributed by atoms with van der Waals surface area (Å²) in [7, 11) is 3.29. The normalized spacial score (nSPS) is 13.4. The van der Waals surface area contributed by atoms with Gasteiger partial charge in [0.2, 0.25) is 5.91 Å². The zero-order chi connectivity index (χ0) is 16.2. The average Bonchev–Trinajstić information content (AvgIpc) is 2.44. The molecule has 1 aromatic carbocycles. The monoisotopic (exact) mass is 311 g/mol. The molecule has 1 aromatic rings. The van der Waals surface area contributed by atoms with Crippen LogP contribution in [0.3, 0.4) is 0 Å². The number of hydrogen-bond donors (Lipinski definition) is 2. The number of nitrogens with zero attached hydrogens (tertiary/aromatic N) is 1. The molecule has 2 unspecified atom stereocenters. The summed E-state index contributed by atoms with van der Waals surface area (Å²) in [5.41, 5.74) is 6.67. The van der Waals surface area contributed by atoms with Gasteiger partial charge in [-0.05, 0) is 24.1 Å². The summed E-state index contributed by atoms with van der Waals surface area (Å²) in [4.78, 5) is 25.7. The molecule has 0 aromatic heterocycles.